The zero-order chi connectivity index (χ0) is 11.3. The van der Waals surface area contributed by atoms with Gasteiger partial charge in [0, 0.05) is 12.6 Å². The molecule has 0 aromatic carbocycles. The summed E-state index contributed by atoms with van der Waals surface area (Å²) in [5, 5.41) is 10.0. The van der Waals surface area contributed by atoms with Gasteiger partial charge in [-0.25, -0.2) is 0 Å². The molecular weight excluding hydrogens is 188 g/mol. The van der Waals surface area contributed by atoms with Crippen molar-refractivity contribution < 1.29 is 5.11 Å². The van der Waals surface area contributed by atoms with E-state index in [-0.39, 0.29) is 0 Å². The van der Waals surface area contributed by atoms with Gasteiger partial charge >= 0.3 is 0 Å². The highest BCUT2D eigenvalue weighted by Crippen LogP contribution is 2.24. The fourth-order valence-electron chi connectivity index (χ4n) is 2.09. The summed E-state index contributed by atoms with van der Waals surface area (Å²) in [5.74, 6) is 0. The van der Waals surface area contributed by atoms with Gasteiger partial charge in [0.15, 0.2) is 0 Å². The van der Waals surface area contributed by atoms with Crippen LogP contribution in [0.15, 0.2) is 0 Å². The van der Waals surface area contributed by atoms with E-state index >= 15 is 0 Å². The van der Waals surface area contributed by atoms with Gasteiger partial charge in [0.1, 0.15) is 0 Å². The van der Waals surface area contributed by atoms with E-state index in [2.05, 4.69) is 11.9 Å². The normalized spacial score (nSPS) is 21.4. The Balaban J connectivity index is 2.13. The Morgan fingerprint density at radius 2 is 2.13 bits per heavy atom. The quantitative estimate of drug-likeness (QED) is 0.672. The van der Waals surface area contributed by atoms with Gasteiger partial charge in [-0.1, -0.05) is 13.3 Å². The molecule has 90 valence electrons. The van der Waals surface area contributed by atoms with Gasteiger partial charge in [0.2, 0.25) is 0 Å². The summed E-state index contributed by atoms with van der Waals surface area (Å²) < 4.78 is 0. The molecule has 0 bridgehead atoms. The molecule has 3 N–H and O–H groups in total. The van der Waals surface area contributed by atoms with Gasteiger partial charge in [-0.05, 0) is 45.7 Å². The number of nitrogens with zero attached hydrogens (tertiary/aromatic N) is 1. The van der Waals surface area contributed by atoms with Crippen molar-refractivity contribution in [1.82, 2.24) is 4.90 Å². The van der Waals surface area contributed by atoms with Crippen LogP contribution in [0.3, 0.4) is 0 Å². The van der Waals surface area contributed by atoms with Crippen LogP contribution in [0, 0.1) is 0 Å². The first kappa shape index (κ1) is 12.9. The van der Waals surface area contributed by atoms with Gasteiger partial charge in [-0.2, -0.15) is 0 Å². The van der Waals surface area contributed by atoms with Crippen LogP contribution in [0.2, 0.25) is 0 Å². The first-order valence-electron chi connectivity index (χ1n) is 6.24. The maximum absolute atomic E-state index is 10.0. The Morgan fingerprint density at radius 1 is 1.47 bits per heavy atom. The SMILES string of the molecule is CCC(O)(CN)CCCN(C)C1CCC1. The Bertz CT molecular complexity index is 176. The van der Waals surface area contributed by atoms with E-state index in [0.29, 0.717) is 6.54 Å². The summed E-state index contributed by atoms with van der Waals surface area (Å²) in [6, 6.07) is 0.803. The first-order valence-corrected chi connectivity index (χ1v) is 6.24. The molecule has 0 aliphatic heterocycles. The van der Waals surface area contributed by atoms with Crippen molar-refractivity contribution in [3.05, 3.63) is 0 Å². The molecule has 0 aromatic rings. The summed E-state index contributed by atoms with van der Waals surface area (Å²) >= 11 is 0. The maximum Gasteiger partial charge on any atom is 0.0767 e. The molecular formula is C12H26N2O. The van der Waals surface area contributed by atoms with Crippen molar-refractivity contribution in [3.63, 3.8) is 0 Å². The monoisotopic (exact) mass is 214 g/mol. The lowest BCUT2D eigenvalue weighted by molar-refractivity contribution is 0.0297. The zero-order valence-electron chi connectivity index (χ0n) is 10.2. The fraction of sp³-hybridized carbons (Fsp3) is 1.00. The van der Waals surface area contributed by atoms with Crippen molar-refractivity contribution in [2.45, 2.75) is 57.1 Å². The Hall–Kier alpha value is -0.120. The lowest BCUT2D eigenvalue weighted by Gasteiger charge is -2.35. The lowest BCUT2D eigenvalue weighted by Crippen LogP contribution is -2.40. The molecule has 1 saturated carbocycles. The minimum Gasteiger partial charge on any atom is -0.389 e. The van der Waals surface area contributed by atoms with E-state index < -0.39 is 5.60 Å². The van der Waals surface area contributed by atoms with Gasteiger partial charge in [0.25, 0.3) is 0 Å². The largest absolute Gasteiger partial charge is 0.389 e. The molecule has 15 heavy (non-hydrogen) atoms. The maximum atomic E-state index is 10.0. The van der Waals surface area contributed by atoms with Gasteiger partial charge < -0.3 is 15.7 Å². The average molecular weight is 214 g/mol. The molecule has 0 heterocycles. The van der Waals surface area contributed by atoms with Crippen molar-refractivity contribution >= 4 is 0 Å². The standard InChI is InChI=1S/C12H26N2O/c1-3-12(15,10-13)8-5-9-14(2)11-6-4-7-11/h11,15H,3-10,13H2,1-2H3. The molecule has 0 aromatic heterocycles. The first-order chi connectivity index (χ1) is 7.11. The Morgan fingerprint density at radius 3 is 2.53 bits per heavy atom. The molecule has 1 aliphatic rings. The molecule has 0 radical (unpaired) electrons. The molecule has 0 amide bonds. The summed E-state index contributed by atoms with van der Waals surface area (Å²) in [6.45, 7) is 3.48. The summed E-state index contributed by atoms with van der Waals surface area (Å²) in [5.41, 5.74) is 4.94. The number of aliphatic hydroxyl groups is 1. The third-order valence-corrected chi connectivity index (χ3v) is 3.89. The van der Waals surface area contributed by atoms with Crippen LogP contribution >= 0.6 is 0 Å². The van der Waals surface area contributed by atoms with Crippen LogP contribution < -0.4 is 5.73 Å². The van der Waals surface area contributed by atoms with Crippen LogP contribution in [-0.4, -0.2) is 41.8 Å². The third kappa shape index (κ3) is 3.74. The van der Waals surface area contributed by atoms with Crippen LogP contribution in [0.1, 0.15) is 45.4 Å². The van der Waals surface area contributed by atoms with E-state index in [1.807, 2.05) is 6.92 Å². The van der Waals surface area contributed by atoms with Crippen molar-refractivity contribution in [2.24, 2.45) is 5.73 Å². The van der Waals surface area contributed by atoms with Crippen LogP contribution in [-0.2, 0) is 0 Å². The second-order valence-corrected chi connectivity index (χ2v) is 4.95. The number of nitrogens with two attached hydrogens (primary N) is 1. The molecule has 1 unspecified atom stereocenters. The molecule has 0 spiro atoms. The Kier molecular flexibility index (Phi) is 5.03. The molecule has 0 saturated heterocycles. The van der Waals surface area contributed by atoms with E-state index in [1.165, 1.54) is 19.3 Å². The molecule has 1 fully saturated rings. The van der Waals surface area contributed by atoms with Crippen LogP contribution in [0.25, 0.3) is 0 Å². The highest BCUT2D eigenvalue weighted by Gasteiger charge is 2.24. The second-order valence-electron chi connectivity index (χ2n) is 4.95. The van der Waals surface area contributed by atoms with Gasteiger partial charge in [-0.3, -0.25) is 0 Å². The van der Waals surface area contributed by atoms with Crippen LogP contribution in [0.4, 0.5) is 0 Å². The number of hydrogen-bond acceptors (Lipinski definition) is 3. The highest BCUT2D eigenvalue weighted by molar-refractivity contribution is 4.80. The molecule has 1 rings (SSSR count). The van der Waals surface area contributed by atoms with Crippen molar-refractivity contribution in [2.75, 3.05) is 20.1 Å². The number of hydrogen-bond donors (Lipinski definition) is 2. The van der Waals surface area contributed by atoms with E-state index in [0.717, 1.165) is 31.8 Å². The predicted molar refractivity (Wildman–Crippen MR) is 63.8 cm³/mol. The minimum absolute atomic E-state index is 0.386. The van der Waals surface area contributed by atoms with Gasteiger partial charge in [0.05, 0.1) is 5.60 Å². The van der Waals surface area contributed by atoms with Crippen LogP contribution in [0.5, 0.6) is 0 Å². The Labute approximate surface area is 93.6 Å². The minimum atomic E-state index is -0.625. The van der Waals surface area contributed by atoms with E-state index in [1.54, 1.807) is 0 Å². The lowest BCUT2D eigenvalue weighted by atomic mass is 9.91. The van der Waals surface area contributed by atoms with Crippen molar-refractivity contribution in [3.8, 4) is 0 Å². The topological polar surface area (TPSA) is 49.5 Å². The summed E-state index contributed by atoms with van der Waals surface area (Å²) in [7, 11) is 2.19. The molecule has 3 nitrogen and oxygen atoms in total. The third-order valence-electron chi connectivity index (χ3n) is 3.89. The predicted octanol–water partition coefficient (Wildman–Crippen LogP) is 1.35. The van der Waals surface area contributed by atoms with E-state index in [9.17, 15) is 5.11 Å². The summed E-state index contributed by atoms with van der Waals surface area (Å²) in [4.78, 5) is 2.43. The second kappa shape index (κ2) is 5.83. The van der Waals surface area contributed by atoms with Gasteiger partial charge in [-0.15, -0.1) is 0 Å². The smallest absolute Gasteiger partial charge is 0.0767 e. The fourth-order valence-corrected chi connectivity index (χ4v) is 2.09. The highest BCUT2D eigenvalue weighted by atomic mass is 16.3. The molecule has 1 aliphatic carbocycles. The number of rotatable bonds is 7. The average Bonchev–Trinajstić information content (AvgIpc) is 2.15. The van der Waals surface area contributed by atoms with Crippen molar-refractivity contribution in [1.29, 1.82) is 0 Å². The summed E-state index contributed by atoms with van der Waals surface area (Å²) in [6.07, 6.45) is 6.73. The zero-order valence-corrected chi connectivity index (χ0v) is 10.2. The molecule has 3 heteroatoms. The molecule has 1 atom stereocenters. The van der Waals surface area contributed by atoms with E-state index in [4.69, 9.17) is 5.73 Å².